The zero-order valence-corrected chi connectivity index (χ0v) is 10.8. The number of carbonyl (C=O) groups excluding carboxylic acids is 1. The van der Waals surface area contributed by atoms with Crippen molar-refractivity contribution in [3.63, 3.8) is 0 Å². The van der Waals surface area contributed by atoms with Crippen LogP contribution >= 0.6 is 11.6 Å². The predicted octanol–water partition coefficient (Wildman–Crippen LogP) is 0.846. The molecule has 7 heteroatoms. The number of aromatic amines is 1. The van der Waals surface area contributed by atoms with Crippen LogP contribution in [-0.4, -0.2) is 39.9 Å². The summed E-state index contributed by atoms with van der Waals surface area (Å²) >= 11 is 5.81. The number of halogens is 1. The van der Waals surface area contributed by atoms with Gasteiger partial charge in [-0.1, -0.05) is 11.6 Å². The average Bonchev–Trinajstić information content (AvgIpc) is 2.87. The van der Waals surface area contributed by atoms with Crippen molar-refractivity contribution in [3.05, 3.63) is 21.7 Å². The Balaban J connectivity index is 2.06. The van der Waals surface area contributed by atoms with Gasteiger partial charge < -0.3 is 15.2 Å². The molecule has 0 saturated carbocycles. The van der Waals surface area contributed by atoms with Crippen LogP contribution in [0.15, 0.2) is 11.1 Å². The summed E-state index contributed by atoms with van der Waals surface area (Å²) in [4.78, 5) is 31.4. The van der Waals surface area contributed by atoms with E-state index in [9.17, 15) is 9.59 Å². The molecule has 2 rings (SSSR count). The predicted molar refractivity (Wildman–Crippen MR) is 68.8 cm³/mol. The summed E-state index contributed by atoms with van der Waals surface area (Å²) in [6, 6.07) is -0.449. The molecule has 1 aromatic heterocycles. The van der Waals surface area contributed by atoms with Crippen molar-refractivity contribution in [1.29, 1.82) is 0 Å². The van der Waals surface area contributed by atoms with E-state index in [1.807, 2.05) is 0 Å². The zero-order valence-electron chi connectivity index (χ0n) is 10.1. The molecule has 0 aromatic carbocycles. The van der Waals surface area contributed by atoms with E-state index in [0.717, 1.165) is 25.9 Å². The van der Waals surface area contributed by atoms with Crippen LogP contribution in [0.4, 0.5) is 5.82 Å². The van der Waals surface area contributed by atoms with Gasteiger partial charge in [-0.05, 0) is 19.8 Å². The second kappa shape index (κ2) is 5.39. The number of hydrogen-bond acceptors (Lipinski definition) is 4. The molecule has 18 heavy (non-hydrogen) atoms. The Kier molecular flexibility index (Phi) is 3.86. The van der Waals surface area contributed by atoms with Crippen molar-refractivity contribution >= 4 is 23.3 Å². The molecule has 6 nitrogen and oxygen atoms in total. The van der Waals surface area contributed by atoms with E-state index >= 15 is 0 Å². The minimum Gasteiger partial charge on any atom is -0.357 e. The maximum absolute atomic E-state index is 12.1. The molecular formula is C11H15ClN4O2. The molecular weight excluding hydrogens is 256 g/mol. The fourth-order valence-corrected chi connectivity index (χ4v) is 2.12. The first-order chi connectivity index (χ1) is 8.59. The number of aromatic nitrogens is 2. The molecule has 1 atom stereocenters. The van der Waals surface area contributed by atoms with Gasteiger partial charge in [-0.3, -0.25) is 9.59 Å². The number of nitrogens with one attached hydrogen (secondary N) is 2. The van der Waals surface area contributed by atoms with Gasteiger partial charge in [0.25, 0.3) is 5.56 Å². The number of nitrogens with zero attached hydrogens (tertiary/aromatic N) is 2. The summed E-state index contributed by atoms with van der Waals surface area (Å²) in [5, 5.41) is 2.84. The molecule has 98 valence electrons. The van der Waals surface area contributed by atoms with Gasteiger partial charge in [0.1, 0.15) is 11.1 Å². The molecule has 1 aliphatic heterocycles. The fourth-order valence-electron chi connectivity index (χ4n) is 1.96. The largest absolute Gasteiger partial charge is 0.357 e. The third-order valence-corrected chi connectivity index (χ3v) is 3.29. The number of likely N-dealkylation sites (tertiary alicyclic amines) is 1. The number of hydrogen-bond donors (Lipinski definition) is 2. The lowest BCUT2D eigenvalue weighted by molar-refractivity contribution is -0.130. The number of rotatable bonds is 3. The first kappa shape index (κ1) is 12.9. The van der Waals surface area contributed by atoms with E-state index in [2.05, 4.69) is 15.3 Å². The highest BCUT2D eigenvalue weighted by Gasteiger charge is 2.24. The Morgan fingerprint density at radius 2 is 2.22 bits per heavy atom. The smallest absolute Gasteiger partial charge is 0.271 e. The fraction of sp³-hybridized carbons (Fsp3) is 0.545. The molecule has 2 N–H and O–H groups in total. The summed E-state index contributed by atoms with van der Waals surface area (Å²) in [5.74, 6) is 0.242. The lowest BCUT2D eigenvalue weighted by atomic mass is 10.3. The van der Waals surface area contributed by atoms with Crippen LogP contribution in [0.2, 0.25) is 5.02 Å². The molecule has 1 saturated heterocycles. The van der Waals surface area contributed by atoms with E-state index in [-0.39, 0.29) is 16.7 Å². The molecule has 1 unspecified atom stereocenters. The summed E-state index contributed by atoms with van der Waals surface area (Å²) in [7, 11) is 0. The second-order valence-corrected chi connectivity index (χ2v) is 4.67. The lowest BCUT2D eigenvalue weighted by Crippen LogP contribution is -2.40. The third kappa shape index (κ3) is 2.64. The molecule has 1 aliphatic rings. The maximum atomic E-state index is 12.1. The molecule has 0 radical (unpaired) electrons. The summed E-state index contributed by atoms with van der Waals surface area (Å²) in [6.45, 7) is 3.32. The van der Waals surface area contributed by atoms with Gasteiger partial charge in [0, 0.05) is 13.1 Å². The van der Waals surface area contributed by atoms with Crippen molar-refractivity contribution in [3.8, 4) is 0 Å². The van der Waals surface area contributed by atoms with Crippen LogP contribution in [0, 0.1) is 0 Å². The molecule has 0 bridgehead atoms. The monoisotopic (exact) mass is 270 g/mol. The summed E-state index contributed by atoms with van der Waals surface area (Å²) < 4.78 is 0. The number of amides is 1. The van der Waals surface area contributed by atoms with Crippen LogP contribution < -0.4 is 10.9 Å². The van der Waals surface area contributed by atoms with Crippen molar-refractivity contribution in [2.75, 3.05) is 18.4 Å². The Morgan fingerprint density at radius 1 is 1.56 bits per heavy atom. The minimum absolute atomic E-state index is 0.00523. The van der Waals surface area contributed by atoms with Crippen LogP contribution in [-0.2, 0) is 4.79 Å². The Hall–Kier alpha value is -1.56. The van der Waals surface area contributed by atoms with Gasteiger partial charge in [-0.25, -0.2) is 4.98 Å². The number of anilines is 1. The average molecular weight is 271 g/mol. The number of H-pyrrole nitrogens is 1. The molecule has 0 spiro atoms. The Morgan fingerprint density at radius 3 is 2.89 bits per heavy atom. The molecule has 0 aliphatic carbocycles. The first-order valence-electron chi connectivity index (χ1n) is 5.88. The van der Waals surface area contributed by atoms with Crippen LogP contribution in [0.3, 0.4) is 0 Å². The van der Waals surface area contributed by atoms with E-state index in [1.54, 1.807) is 11.8 Å². The van der Waals surface area contributed by atoms with Gasteiger partial charge in [0.05, 0.1) is 6.33 Å². The third-order valence-electron chi connectivity index (χ3n) is 2.94. The molecule has 1 amide bonds. The van der Waals surface area contributed by atoms with Crippen molar-refractivity contribution < 1.29 is 4.79 Å². The molecule has 1 aromatic rings. The van der Waals surface area contributed by atoms with Crippen LogP contribution in [0.1, 0.15) is 19.8 Å². The van der Waals surface area contributed by atoms with E-state index in [4.69, 9.17) is 11.6 Å². The summed E-state index contributed by atoms with van der Waals surface area (Å²) in [5.41, 5.74) is -0.421. The normalized spacial score (nSPS) is 16.7. The van der Waals surface area contributed by atoms with Gasteiger partial charge in [0.2, 0.25) is 5.91 Å². The first-order valence-corrected chi connectivity index (χ1v) is 6.26. The highest BCUT2D eigenvalue weighted by atomic mass is 35.5. The molecule has 1 fully saturated rings. The van der Waals surface area contributed by atoms with E-state index < -0.39 is 11.6 Å². The van der Waals surface area contributed by atoms with Gasteiger partial charge in [0.15, 0.2) is 5.82 Å². The van der Waals surface area contributed by atoms with Crippen molar-refractivity contribution in [2.24, 2.45) is 0 Å². The van der Waals surface area contributed by atoms with Crippen LogP contribution in [0.25, 0.3) is 0 Å². The lowest BCUT2D eigenvalue weighted by Gasteiger charge is -2.21. The standard InChI is InChI=1S/C11H15ClN4O2/c1-7(11(18)16-4-2-3-5-16)15-9-8(12)10(17)14-6-13-9/h6-7H,2-5H2,1H3,(H2,13,14,15,17). The maximum Gasteiger partial charge on any atom is 0.271 e. The molecule has 2 heterocycles. The quantitative estimate of drug-likeness (QED) is 0.853. The van der Waals surface area contributed by atoms with E-state index in [1.165, 1.54) is 6.33 Å². The van der Waals surface area contributed by atoms with Gasteiger partial charge >= 0.3 is 0 Å². The van der Waals surface area contributed by atoms with Crippen molar-refractivity contribution in [1.82, 2.24) is 14.9 Å². The van der Waals surface area contributed by atoms with Gasteiger partial charge in [-0.15, -0.1) is 0 Å². The highest BCUT2D eigenvalue weighted by molar-refractivity contribution is 6.32. The topological polar surface area (TPSA) is 78.1 Å². The van der Waals surface area contributed by atoms with E-state index in [0.29, 0.717) is 0 Å². The van der Waals surface area contributed by atoms with Crippen molar-refractivity contribution in [2.45, 2.75) is 25.8 Å². The number of carbonyl (C=O) groups is 1. The van der Waals surface area contributed by atoms with Crippen LogP contribution in [0.5, 0.6) is 0 Å². The Bertz CT molecular complexity index is 496. The summed E-state index contributed by atoms with van der Waals surface area (Å²) in [6.07, 6.45) is 3.34. The highest BCUT2D eigenvalue weighted by Crippen LogP contribution is 2.15. The van der Waals surface area contributed by atoms with Gasteiger partial charge in [-0.2, -0.15) is 0 Å². The SMILES string of the molecule is CC(Nc1nc[nH]c(=O)c1Cl)C(=O)N1CCCC1. The second-order valence-electron chi connectivity index (χ2n) is 4.29. The minimum atomic E-state index is -0.449. The Labute approximate surface area is 109 Å². The zero-order chi connectivity index (χ0) is 13.1.